The summed E-state index contributed by atoms with van der Waals surface area (Å²) in [5.74, 6) is 0.548. The summed E-state index contributed by atoms with van der Waals surface area (Å²) in [7, 11) is 1.81. The highest BCUT2D eigenvalue weighted by atomic mass is 16.5. The predicted octanol–water partition coefficient (Wildman–Crippen LogP) is 1.71. The van der Waals surface area contributed by atoms with Gasteiger partial charge in [0.1, 0.15) is 0 Å². The Morgan fingerprint density at radius 2 is 2.06 bits per heavy atom. The number of amides is 3. The lowest BCUT2D eigenvalue weighted by Gasteiger charge is -2.44. The highest BCUT2D eigenvalue weighted by molar-refractivity contribution is 6.07. The number of nitrogens with one attached hydrogen (secondary N) is 1. The zero-order valence-corrected chi connectivity index (χ0v) is 18.9. The van der Waals surface area contributed by atoms with Gasteiger partial charge in [-0.3, -0.25) is 24.8 Å². The summed E-state index contributed by atoms with van der Waals surface area (Å²) in [5.41, 5.74) is 2.83. The Labute approximate surface area is 188 Å². The molecule has 5 rings (SSSR count). The standard InChI is InChI=1S/C23H32N6O3/c1-16-13-26(7-8-27(16)15-18-9-19(10-18)32-2)14-17-3-6-29-20(11-17)21(12-24-29)28-5-4-22(30)25-23(28)31/h3,6,11-12,16,18-19H,4-5,7-10,13-15H2,1-2H3,(H,25,30,31)/t16-,18-,19+/m0/s1. The summed E-state index contributed by atoms with van der Waals surface area (Å²) in [6.07, 6.45) is 6.81. The number of anilines is 1. The van der Waals surface area contributed by atoms with Crippen molar-refractivity contribution in [3.8, 4) is 0 Å². The van der Waals surface area contributed by atoms with Crippen LogP contribution in [0.3, 0.4) is 0 Å². The van der Waals surface area contributed by atoms with Crippen molar-refractivity contribution in [1.82, 2.24) is 24.7 Å². The van der Waals surface area contributed by atoms with Crippen LogP contribution >= 0.6 is 0 Å². The van der Waals surface area contributed by atoms with E-state index in [-0.39, 0.29) is 11.9 Å². The van der Waals surface area contributed by atoms with Gasteiger partial charge in [0.25, 0.3) is 0 Å². The van der Waals surface area contributed by atoms with Gasteiger partial charge in [0.15, 0.2) is 0 Å². The van der Waals surface area contributed by atoms with Gasteiger partial charge in [0.2, 0.25) is 5.91 Å². The molecule has 2 aromatic heterocycles. The Hall–Kier alpha value is -2.49. The molecule has 2 aliphatic heterocycles. The number of methoxy groups -OCH3 is 1. The predicted molar refractivity (Wildman–Crippen MR) is 121 cm³/mol. The highest BCUT2D eigenvalue weighted by Crippen LogP contribution is 2.31. The fourth-order valence-corrected chi connectivity index (χ4v) is 5.20. The minimum Gasteiger partial charge on any atom is -0.381 e. The Bertz CT molecular complexity index is 1000. The van der Waals surface area contributed by atoms with Gasteiger partial charge < -0.3 is 4.74 Å². The van der Waals surface area contributed by atoms with Crippen molar-refractivity contribution in [2.24, 2.45) is 5.92 Å². The zero-order chi connectivity index (χ0) is 22.2. The summed E-state index contributed by atoms with van der Waals surface area (Å²) in [5, 5.41) is 6.78. The van der Waals surface area contributed by atoms with Crippen LogP contribution in [0.5, 0.6) is 0 Å². The number of hydrogen-bond donors (Lipinski definition) is 1. The fourth-order valence-electron chi connectivity index (χ4n) is 5.20. The number of hydrogen-bond acceptors (Lipinski definition) is 6. The van der Waals surface area contributed by atoms with Crippen molar-refractivity contribution >= 4 is 23.1 Å². The Morgan fingerprint density at radius 3 is 2.81 bits per heavy atom. The number of ether oxygens (including phenoxy) is 1. The fraction of sp³-hybridized carbons (Fsp3) is 0.609. The molecule has 3 amide bonds. The molecule has 1 aliphatic carbocycles. The first-order valence-corrected chi connectivity index (χ1v) is 11.6. The third-order valence-electron chi connectivity index (χ3n) is 7.18. The zero-order valence-electron chi connectivity index (χ0n) is 18.9. The number of imide groups is 1. The van der Waals surface area contributed by atoms with E-state index in [1.54, 1.807) is 15.6 Å². The van der Waals surface area contributed by atoms with Gasteiger partial charge in [0, 0.05) is 65.0 Å². The number of urea groups is 1. The van der Waals surface area contributed by atoms with Crippen LogP contribution in [0.1, 0.15) is 31.7 Å². The maximum Gasteiger partial charge on any atom is 0.328 e. The molecular weight excluding hydrogens is 408 g/mol. The first kappa shape index (κ1) is 21.4. The van der Waals surface area contributed by atoms with Crippen LogP contribution in [0, 0.1) is 5.92 Å². The Balaban J connectivity index is 1.22. The van der Waals surface area contributed by atoms with Crippen LogP contribution in [0.4, 0.5) is 10.5 Å². The maximum absolute atomic E-state index is 12.3. The Morgan fingerprint density at radius 1 is 1.22 bits per heavy atom. The van der Waals surface area contributed by atoms with E-state index in [0.29, 0.717) is 25.1 Å². The molecule has 0 aromatic carbocycles. The van der Waals surface area contributed by atoms with Gasteiger partial charge in [-0.05, 0) is 43.4 Å². The smallest absolute Gasteiger partial charge is 0.328 e. The number of aromatic nitrogens is 2. The molecule has 0 bridgehead atoms. The summed E-state index contributed by atoms with van der Waals surface area (Å²) in [4.78, 5) is 30.5. The molecule has 3 fully saturated rings. The number of carbonyl (C=O) groups is 2. The van der Waals surface area contributed by atoms with E-state index in [1.165, 1.54) is 24.9 Å². The minimum atomic E-state index is -0.380. The molecule has 0 unspecified atom stereocenters. The second kappa shape index (κ2) is 8.80. The number of nitrogens with zero attached hydrogens (tertiary/aromatic N) is 5. The van der Waals surface area contributed by atoms with Crippen LogP contribution in [-0.2, 0) is 16.1 Å². The molecule has 3 aliphatic rings. The molecule has 9 nitrogen and oxygen atoms in total. The molecule has 9 heteroatoms. The van der Waals surface area contributed by atoms with E-state index in [0.717, 1.165) is 43.3 Å². The minimum absolute atomic E-state index is 0.229. The van der Waals surface area contributed by atoms with Gasteiger partial charge in [-0.15, -0.1) is 0 Å². The lowest BCUT2D eigenvalue weighted by atomic mass is 9.81. The summed E-state index contributed by atoms with van der Waals surface area (Å²) >= 11 is 0. The van der Waals surface area contributed by atoms with Gasteiger partial charge in [-0.1, -0.05) is 0 Å². The summed E-state index contributed by atoms with van der Waals surface area (Å²) in [6.45, 7) is 7.96. The molecule has 172 valence electrons. The molecule has 0 radical (unpaired) electrons. The maximum atomic E-state index is 12.3. The third kappa shape index (κ3) is 4.24. The van der Waals surface area contributed by atoms with Crippen molar-refractivity contribution < 1.29 is 14.3 Å². The lowest BCUT2D eigenvalue weighted by molar-refractivity contribution is -0.120. The van der Waals surface area contributed by atoms with E-state index in [1.807, 2.05) is 13.3 Å². The lowest BCUT2D eigenvalue weighted by Crippen LogP contribution is -2.54. The van der Waals surface area contributed by atoms with E-state index in [4.69, 9.17) is 4.74 Å². The van der Waals surface area contributed by atoms with Crippen LogP contribution in [0.25, 0.3) is 5.52 Å². The van der Waals surface area contributed by atoms with E-state index in [2.05, 4.69) is 39.3 Å². The van der Waals surface area contributed by atoms with Crippen molar-refractivity contribution in [3.05, 3.63) is 30.1 Å². The topological polar surface area (TPSA) is 82.4 Å². The van der Waals surface area contributed by atoms with Gasteiger partial charge in [0.05, 0.1) is 23.5 Å². The largest absolute Gasteiger partial charge is 0.381 e. The van der Waals surface area contributed by atoms with Crippen molar-refractivity contribution in [2.45, 2.75) is 44.9 Å². The number of fused-ring (bicyclic) bond motifs is 1. The summed E-state index contributed by atoms with van der Waals surface area (Å²) in [6, 6.07) is 4.37. The molecular formula is C23H32N6O3. The van der Waals surface area contributed by atoms with E-state index < -0.39 is 0 Å². The number of piperazine rings is 1. The number of carbonyl (C=O) groups excluding carboxylic acids is 2. The normalized spacial score (nSPS) is 27.6. The second-order valence-electron chi connectivity index (χ2n) is 9.42. The molecule has 2 saturated heterocycles. The average Bonchev–Trinajstić information content (AvgIpc) is 3.15. The second-order valence-corrected chi connectivity index (χ2v) is 9.42. The van der Waals surface area contributed by atoms with Crippen molar-refractivity contribution in [2.75, 3.05) is 44.7 Å². The monoisotopic (exact) mass is 440 g/mol. The van der Waals surface area contributed by atoms with Crippen LogP contribution in [-0.4, -0.2) is 83.3 Å². The van der Waals surface area contributed by atoms with Crippen molar-refractivity contribution in [1.29, 1.82) is 0 Å². The van der Waals surface area contributed by atoms with E-state index in [9.17, 15) is 9.59 Å². The number of rotatable bonds is 6. The average molecular weight is 441 g/mol. The molecule has 32 heavy (non-hydrogen) atoms. The third-order valence-corrected chi connectivity index (χ3v) is 7.18. The highest BCUT2D eigenvalue weighted by Gasteiger charge is 2.33. The Kier molecular flexibility index (Phi) is 5.88. The van der Waals surface area contributed by atoms with Crippen LogP contribution < -0.4 is 10.2 Å². The van der Waals surface area contributed by atoms with Gasteiger partial charge in [-0.2, -0.15) is 5.10 Å². The quantitative estimate of drug-likeness (QED) is 0.737. The number of pyridine rings is 1. The summed E-state index contributed by atoms with van der Waals surface area (Å²) < 4.78 is 7.21. The molecule has 1 atom stereocenters. The van der Waals surface area contributed by atoms with Gasteiger partial charge in [-0.25, -0.2) is 9.31 Å². The van der Waals surface area contributed by atoms with Crippen molar-refractivity contribution in [3.63, 3.8) is 0 Å². The van der Waals surface area contributed by atoms with Crippen LogP contribution in [0.2, 0.25) is 0 Å². The first-order valence-electron chi connectivity index (χ1n) is 11.6. The molecule has 1 N–H and O–H groups in total. The van der Waals surface area contributed by atoms with Gasteiger partial charge >= 0.3 is 6.03 Å². The molecule has 4 heterocycles. The molecule has 2 aromatic rings. The first-order chi connectivity index (χ1) is 15.5. The van der Waals surface area contributed by atoms with Crippen LogP contribution in [0.15, 0.2) is 24.5 Å². The molecule has 0 spiro atoms. The SMILES string of the molecule is CO[C@H]1C[C@@H](CN2CCN(Cc3ccn4ncc(N5CCC(=O)NC5=O)c4c3)C[C@@H]2C)C1. The molecule has 1 saturated carbocycles. The van der Waals surface area contributed by atoms with E-state index >= 15 is 0 Å².